The van der Waals surface area contributed by atoms with E-state index in [0.717, 1.165) is 0 Å². The first kappa shape index (κ1) is 10.7. The van der Waals surface area contributed by atoms with Crippen molar-refractivity contribution in [2.45, 2.75) is 46.7 Å². The molecule has 1 nitrogen and oxygen atoms in total. The van der Waals surface area contributed by atoms with Gasteiger partial charge in [0.05, 0.1) is 0 Å². The van der Waals surface area contributed by atoms with Crippen LogP contribution in [0.5, 0.6) is 0 Å². The summed E-state index contributed by atoms with van der Waals surface area (Å²) < 4.78 is 0. The fourth-order valence-electron chi connectivity index (χ4n) is 1.67. The second-order valence-electron chi connectivity index (χ2n) is 3.91. The molecular formula is C11H19NS. The van der Waals surface area contributed by atoms with Crippen molar-refractivity contribution >= 4 is 11.3 Å². The second kappa shape index (κ2) is 4.25. The zero-order valence-electron chi connectivity index (χ0n) is 9.14. The summed E-state index contributed by atoms with van der Waals surface area (Å²) >= 11 is 1.88. The third-order valence-electron chi connectivity index (χ3n) is 2.13. The van der Waals surface area contributed by atoms with Crippen LogP contribution in [-0.2, 0) is 0 Å². The molecule has 13 heavy (non-hydrogen) atoms. The quantitative estimate of drug-likeness (QED) is 0.783. The maximum Gasteiger partial charge on any atom is 0.0305 e. The Labute approximate surface area is 85.2 Å². The second-order valence-corrected chi connectivity index (χ2v) is 5.37. The van der Waals surface area contributed by atoms with E-state index in [2.05, 4.69) is 46.0 Å². The van der Waals surface area contributed by atoms with Gasteiger partial charge >= 0.3 is 0 Å². The molecule has 1 rings (SSSR count). The predicted molar refractivity (Wildman–Crippen MR) is 60.5 cm³/mol. The molecule has 2 heteroatoms. The Bertz CT molecular complexity index is 276. The lowest BCUT2D eigenvalue weighted by Gasteiger charge is -2.16. The first-order chi connectivity index (χ1) is 6.00. The van der Waals surface area contributed by atoms with E-state index >= 15 is 0 Å². The first-order valence-corrected chi connectivity index (χ1v) is 5.65. The maximum absolute atomic E-state index is 3.52. The van der Waals surface area contributed by atoms with E-state index in [-0.39, 0.29) is 0 Å². The van der Waals surface area contributed by atoms with Crippen molar-refractivity contribution in [3.63, 3.8) is 0 Å². The molecule has 74 valence electrons. The summed E-state index contributed by atoms with van der Waals surface area (Å²) in [6.45, 7) is 11.0. The highest BCUT2D eigenvalue weighted by molar-refractivity contribution is 7.12. The van der Waals surface area contributed by atoms with E-state index in [1.165, 1.54) is 15.3 Å². The highest BCUT2D eigenvalue weighted by Crippen LogP contribution is 2.26. The van der Waals surface area contributed by atoms with Gasteiger partial charge in [-0.3, -0.25) is 0 Å². The van der Waals surface area contributed by atoms with Crippen LogP contribution < -0.4 is 5.32 Å². The van der Waals surface area contributed by atoms with Crippen LogP contribution in [0.1, 0.15) is 42.1 Å². The third kappa shape index (κ3) is 2.82. The Morgan fingerprint density at radius 3 is 2.23 bits per heavy atom. The smallest absolute Gasteiger partial charge is 0.0305 e. The number of thiophene rings is 1. The maximum atomic E-state index is 3.52. The van der Waals surface area contributed by atoms with Crippen LogP contribution in [0.15, 0.2) is 6.07 Å². The molecule has 0 amide bonds. The lowest BCUT2D eigenvalue weighted by Crippen LogP contribution is -2.26. The summed E-state index contributed by atoms with van der Waals surface area (Å²) in [5, 5.41) is 3.52. The lowest BCUT2D eigenvalue weighted by molar-refractivity contribution is 0.506. The van der Waals surface area contributed by atoms with Gasteiger partial charge in [-0.1, -0.05) is 13.8 Å². The number of hydrogen-bond donors (Lipinski definition) is 1. The third-order valence-corrected chi connectivity index (χ3v) is 3.11. The molecule has 0 aliphatic heterocycles. The molecule has 0 spiro atoms. The van der Waals surface area contributed by atoms with Crippen molar-refractivity contribution in [1.82, 2.24) is 5.32 Å². The summed E-state index contributed by atoms with van der Waals surface area (Å²) in [6, 6.07) is 3.32. The molecule has 0 saturated heterocycles. The van der Waals surface area contributed by atoms with Gasteiger partial charge in [-0.2, -0.15) is 0 Å². The summed E-state index contributed by atoms with van der Waals surface area (Å²) in [7, 11) is 0. The van der Waals surface area contributed by atoms with Gasteiger partial charge in [0.15, 0.2) is 0 Å². The largest absolute Gasteiger partial charge is 0.308 e. The molecule has 1 aromatic rings. The van der Waals surface area contributed by atoms with Gasteiger partial charge in [0, 0.05) is 21.8 Å². The van der Waals surface area contributed by atoms with Crippen molar-refractivity contribution < 1.29 is 0 Å². The molecule has 1 atom stereocenters. The van der Waals surface area contributed by atoms with Crippen molar-refractivity contribution in [1.29, 1.82) is 0 Å². The van der Waals surface area contributed by atoms with E-state index in [1.54, 1.807) is 0 Å². The van der Waals surface area contributed by atoms with E-state index in [4.69, 9.17) is 0 Å². The van der Waals surface area contributed by atoms with Gasteiger partial charge in [-0.25, -0.2) is 0 Å². The zero-order valence-corrected chi connectivity index (χ0v) is 9.96. The van der Waals surface area contributed by atoms with Gasteiger partial charge in [0.25, 0.3) is 0 Å². The SMILES string of the molecule is Cc1cc(C(C)NC(C)C)c(C)s1. The lowest BCUT2D eigenvalue weighted by atomic mass is 10.1. The average molecular weight is 197 g/mol. The Kier molecular flexibility index (Phi) is 3.51. The minimum Gasteiger partial charge on any atom is -0.308 e. The molecule has 0 fully saturated rings. The molecule has 0 bridgehead atoms. The van der Waals surface area contributed by atoms with E-state index in [9.17, 15) is 0 Å². The highest BCUT2D eigenvalue weighted by Gasteiger charge is 2.11. The summed E-state index contributed by atoms with van der Waals surface area (Å²) in [6.07, 6.45) is 0. The van der Waals surface area contributed by atoms with Crippen LogP contribution in [0.2, 0.25) is 0 Å². The molecule has 1 aromatic heterocycles. The van der Waals surface area contributed by atoms with Crippen LogP contribution in [0, 0.1) is 13.8 Å². The van der Waals surface area contributed by atoms with E-state index in [0.29, 0.717) is 12.1 Å². The predicted octanol–water partition coefficient (Wildman–Crippen LogP) is 3.42. The van der Waals surface area contributed by atoms with Crippen molar-refractivity contribution in [2.75, 3.05) is 0 Å². The molecule has 1 N–H and O–H groups in total. The Morgan fingerprint density at radius 1 is 1.23 bits per heavy atom. The molecule has 0 aliphatic rings. The van der Waals surface area contributed by atoms with Crippen molar-refractivity contribution in [3.8, 4) is 0 Å². The van der Waals surface area contributed by atoms with Gasteiger partial charge in [0.1, 0.15) is 0 Å². The van der Waals surface area contributed by atoms with Crippen LogP contribution >= 0.6 is 11.3 Å². The normalized spacial score (nSPS) is 13.7. The topological polar surface area (TPSA) is 12.0 Å². The highest BCUT2D eigenvalue weighted by atomic mass is 32.1. The summed E-state index contributed by atoms with van der Waals surface area (Å²) in [4.78, 5) is 2.85. The van der Waals surface area contributed by atoms with E-state index in [1.807, 2.05) is 11.3 Å². The Morgan fingerprint density at radius 2 is 1.85 bits per heavy atom. The summed E-state index contributed by atoms with van der Waals surface area (Å²) in [5.41, 5.74) is 1.45. The number of hydrogen-bond acceptors (Lipinski definition) is 2. The Hall–Kier alpha value is -0.340. The molecule has 1 heterocycles. The molecule has 0 saturated carbocycles. The van der Waals surface area contributed by atoms with Gasteiger partial charge < -0.3 is 5.32 Å². The number of nitrogens with one attached hydrogen (secondary N) is 1. The molecular weight excluding hydrogens is 178 g/mol. The van der Waals surface area contributed by atoms with Crippen LogP contribution in [0.4, 0.5) is 0 Å². The molecule has 0 aromatic carbocycles. The number of rotatable bonds is 3. The van der Waals surface area contributed by atoms with Crippen molar-refractivity contribution in [3.05, 3.63) is 21.4 Å². The first-order valence-electron chi connectivity index (χ1n) is 4.83. The van der Waals surface area contributed by atoms with Gasteiger partial charge in [0.2, 0.25) is 0 Å². The average Bonchev–Trinajstić information content (AvgIpc) is 2.28. The number of aryl methyl sites for hydroxylation is 2. The van der Waals surface area contributed by atoms with Gasteiger partial charge in [-0.05, 0) is 32.4 Å². The molecule has 0 aliphatic carbocycles. The Balaban J connectivity index is 2.76. The van der Waals surface area contributed by atoms with E-state index < -0.39 is 0 Å². The summed E-state index contributed by atoms with van der Waals surface area (Å²) in [5.74, 6) is 0. The minimum absolute atomic E-state index is 0.477. The van der Waals surface area contributed by atoms with Crippen LogP contribution in [0.3, 0.4) is 0 Å². The molecule has 1 unspecified atom stereocenters. The van der Waals surface area contributed by atoms with Crippen LogP contribution in [0.25, 0.3) is 0 Å². The van der Waals surface area contributed by atoms with Gasteiger partial charge in [-0.15, -0.1) is 11.3 Å². The zero-order chi connectivity index (χ0) is 10.0. The standard InChI is InChI=1S/C11H19NS/c1-7(2)12-9(4)11-6-8(3)13-10(11)5/h6-7,9,12H,1-5H3. The van der Waals surface area contributed by atoms with Crippen molar-refractivity contribution in [2.24, 2.45) is 0 Å². The fraction of sp³-hybridized carbons (Fsp3) is 0.636. The minimum atomic E-state index is 0.477. The molecule has 0 radical (unpaired) electrons. The van der Waals surface area contributed by atoms with Crippen LogP contribution in [-0.4, -0.2) is 6.04 Å². The fourth-order valence-corrected chi connectivity index (χ4v) is 2.69. The monoisotopic (exact) mass is 197 g/mol.